The number of hydrogen-bond acceptors (Lipinski definition) is 13. The number of fused-ring (bicyclic) bond motifs is 3. The molecule has 0 aromatic rings. The Morgan fingerprint density at radius 1 is 0.846 bits per heavy atom. The Balaban J connectivity index is 1.70. The van der Waals surface area contributed by atoms with Crippen LogP contribution in [0.4, 0.5) is 0 Å². The first-order valence-corrected chi connectivity index (χ1v) is 23.9. The lowest BCUT2D eigenvalue weighted by Gasteiger charge is -2.42. The molecule has 14 heteroatoms. The van der Waals surface area contributed by atoms with Gasteiger partial charge in [0, 0.05) is 58.5 Å². The second-order valence-electron chi connectivity index (χ2n) is 19.6. The van der Waals surface area contributed by atoms with Crippen LogP contribution in [0.3, 0.4) is 0 Å². The Morgan fingerprint density at radius 3 is 2.25 bits per heavy atom. The van der Waals surface area contributed by atoms with Crippen molar-refractivity contribution < 1.29 is 63.0 Å². The lowest BCUT2D eigenvalue weighted by atomic mass is 9.78. The molecule has 3 aliphatic heterocycles. The van der Waals surface area contributed by atoms with Crippen LogP contribution in [0.5, 0.6) is 0 Å². The average molecular weight is 914 g/mol. The predicted octanol–water partition coefficient (Wildman–Crippen LogP) is 6.18. The van der Waals surface area contributed by atoms with Crippen molar-refractivity contribution in [2.24, 2.45) is 35.5 Å². The van der Waals surface area contributed by atoms with Crippen LogP contribution in [-0.2, 0) is 47.7 Å². The molecule has 0 aromatic heterocycles. The molecule has 4 rings (SSSR count). The van der Waals surface area contributed by atoms with Gasteiger partial charge in [-0.15, -0.1) is 0 Å². The molecule has 0 aromatic carbocycles. The highest BCUT2D eigenvalue weighted by molar-refractivity contribution is 6.39. The maximum Gasteiger partial charge on any atom is 0.329 e. The molecule has 14 nitrogen and oxygen atoms in total. The van der Waals surface area contributed by atoms with Crippen molar-refractivity contribution in [2.75, 3.05) is 27.9 Å². The summed E-state index contributed by atoms with van der Waals surface area (Å²) in [7, 11) is 4.52. The summed E-state index contributed by atoms with van der Waals surface area (Å²) in [6, 6.07) is -1.14. The lowest BCUT2D eigenvalue weighted by Crippen LogP contribution is -2.61. The summed E-state index contributed by atoms with van der Waals surface area (Å²) in [6.07, 6.45) is 11.2. The molecule has 1 aliphatic carbocycles. The Kier molecular flexibility index (Phi) is 21.0. The number of amides is 1. The quantitative estimate of drug-likeness (QED) is 0.156. The van der Waals surface area contributed by atoms with Gasteiger partial charge < -0.3 is 43.9 Å². The average Bonchev–Trinajstić information content (AvgIpc) is 3.28. The van der Waals surface area contributed by atoms with Gasteiger partial charge in [0.1, 0.15) is 30.1 Å². The highest BCUT2D eigenvalue weighted by atomic mass is 16.6. The minimum atomic E-state index is -2.43. The topological polar surface area (TPSA) is 195 Å². The van der Waals surface area contributed by atoms with E-state index in [0.29, 0.717) is 63.4 Å². The molecule has 3 heterocycles. The highest BCUT2D eigenvalue weighted by Crippen LogP contribution is 2.38. The number of allylic oxidation sites excluding steroid dienone is 6. The number of cyclic esters (lactones) is 1. The van der Waals surface area contributed by atoms with Crippen LogP contribution >= 0.6 is 0 Å². The number of ether oxygens (including phenoxy) is 5. The zero-order valence-corrected chi connectivity index (χ0v) is 40.6. The zero-order valence-electron chi connectivity index (χ0n) is 40.6. The van der Waals surface area contributed by atoms with Crippen LogP contribution in [0.2, 0.25) is 0 Å². The number of Topliss-reactive ketones (excluding diaryl/α,β-unsaturated/α-hetero) is 3. The summed E-state index contributed by atoms with van der Waals surface area (Å²) in [5.74, 6) is -7.96. The Morgan fingerprint density at radius 2 is 1.57 bits per heavy atom. The Bertz CT molecular complexity index is 1760. The largest absolute Gasteiger partial charge is 0.460 e. The third-order valence-corrected chi connectivity index (χ3v) is 14.5. The van der Waals surface area contributed by atoms with Crippen molar-refractivity contribution in [3.8, 4) is 0 Å². The molecule has 1 amide bonds. The Labute approximate surface area is 387 Å². The fraction of sp³-hybridized carbons (Fsp3) is 0.745. The van der Waals surface area contributed by atoms with E-state index in [2.05, 4.69) is 0 Å². The molecule has 65 heavy (non-hydrogen) atoms. The monoisotopic (exact) mass is 914 g/mol. The number of carbonyl (C=O) groups is 5. The van der Waals surface area contributed by atoms with Crippen molar-refractivity contribution in [1.82, 2.24) is 4.90 Å². The van der Waals surface area contributed by atoms with Crippen LogP contribution in [0.25, 0.3) is 0 Å². The van der Waals surface area contributed by atoms with E-state index >= 15 is 0 Å². The van der Waals surface area contributed by atoms with Crippen molar-refractivity contribution in [3.05, 3.63) is 47.6 Å². The maximum atomic E-state index is 14.4. The lowest BCUT2D eigenvalue weighted by molar-refractivity contribution is -0.265. The van der Waals surface area contributed by atoms with Gasteiger partial charge in [-0.3, -0.25) is 19.2 Å². The highest BCUT2D eigenvalue weighted by Gasteiger charge is 2.53. The number of carbonyl (C=O) groups excluding carboxylic acids is 5. The molecule has 366 valence electrons. The van der Waals surface area contributed by atoms with Crippen molar-refractivity contribution in [1.29, 1.82) is 0 Å². The van der Waals surface area contributed by atoms with Crippen LogP contribution in [0, 0.1) is 35.5 Å². The van der Waals surface area contributed by atoms with Crippen LogP contribution in [0.1, 0.15) is 126 Å². The van der Waals surface area contributed by atoms with Gasteiger partial charge >= 0.3 is 5.97 Å². The number of esters is 1. The number of nitrogens with zero attached hydrogens (tertiary/aromatic N) is 1. The van der Waals surface area contributed by atoms with Crippen molar-refractivity contribution in [2.45, 2.75) is 180 Å². The third kappa shape index (κ3) is 14.3. The van der Waals surface area contributed by atoms with Gasteiger partial charge in [0.2, 0.25) is 5.79 Å². The summed E-state index contributed by atoms with van der Waals surface area (Å²) in [6.45, 7) is 12.7. The number of hydrogen-bond donors (Lipinski definition) is 3. The number of ketones is 3. The molecular formula is C51H79NO13. The first-order chi connectivity index (χ1) is 30.7. The summed E-state index contributed by atoms with van der Waals surface area (Å²) in [5.41, 5.74) is 1.27. The fourth-order valence-corrected chi connectivity index (χ4v) is 10.1. The number of aliphatic hydroxyl groups excluding tert-OH is 2. The van der Waals surface area contributed by atoms with Gasteiger partial charge in [0.25, 0.3) is 11.7 Å². The molecule has 2 saturated heterocycles. The SMILES string of the molecule is CO[C@H]1C[C@@H]2CC[C@@H](C)[C@@](O)(O2)C(=O)C(=O)N2CCCC[C@H]2C(=O)OC([C@H](C)CC2CCC(O)[C@H](OC)C2)CC(=O)[C@H](C)/C=C(\C)[C@@H](O)[C@@H](OC)C(=O)[C@H](C)C[C@H](C)/C=C/C=C/C=C/1C. The first-order valence-electron chi connectivity index (χ1n) is 23.9. The number of piperidine rings is 1. The van der Waals surface area contributed by atoms with Gasteiger partial charge in [-0.05, 0) is 107 Å². The normalized spacial score (nSPS) is 40.4. The van der Waals surface area contributed by atoms with Gasteiger partial charge in [-0.25, -0.2) is 4.79 Å². The number of rotatable bonds is 6. The van der Waals surface area contributed by atoms with E-state index in [-0.39, 0.29) is 54.8 Å². The van der Waals surface area contributed by atoms with E-state index < -0.39 is 83.9 Å². The van der Waals surface area contributed by atoms with E-state index in [1.807, 2.05) is 58.1 Å². The van der Waals surface area contributed by atoms with Crippen LogP contribution in [-0.4, -0.2) is 132 Å². The molecule has 3 N–H and O–H groups in total. The maximum absolute atomic E-state index is 14.4. The van der Waals surface area contributed by atoms with E-state index in [0.717, 1.165) is 12.0 Å². The first kappa shape index (κ1) is 54.2. The van der Waals surface area contributed by atoms with E-state index in [4.69, 9.17) is 23.7 Å². The minimum Gasteiger partial charge on any atom is -0.460 e. The van der Waals surface area contributed by atoms with E-state index in [1.165, 1.54) is 12.0 Å². The second-order valence-corrected chi connectivity index (χ2v) is 19.6. The van der Waals surface area contributed by atoms with Gasteiger partial charge in [0.15, 0.2) is 5.78 Å². The van der Waals surface area contributed by atoms with Crippen molar-refractivity contribution in [3.63, 3.8) is 0 Å². The molecule has 0 spiro atoms. The molecule has 4 aliphatic rings. The molecule has 15 atom stereocenters. The fourth-order valence-electron chi connectivity index (χ4n) is 10.1. The predicted molar refractivity (Wildman–Crippen MR) is 245 cm³/mol. The summed E-state index contributed by atoms with van der Waals surface area (Å²) >= 11 is 0. The van der Waals surface area contributed by atoms with E-state index in [1.54, 1.807) is 41.1 Å². The van der Waals surface area contributed by atoms with Gasteiger partial charge in [-0.1, -0.05) is 71.1 Å². The molecule has 3 fully saturated rings. The van der Waals surface area contributed by atoms with Crippen LogP contribution in [0.15, 0.2) is 47.6 Å². The summed E-state index contributed by atoms with van der Waals surface area (Å²) in [5, 5.41) is 33.8. The zero-order chi connectivity index (χ0) is 48.2. The number of aliphatic hydroxyl groups is 3. The summed E-state index contributed by atoms with van der Waals surface area (Å²) in [4.78, 5) is 71.8. The number of methoxy groups -OCH3 is 3. The van der Waals surface area contributed by atoms with Gasteiger partial charge in [0.05, 0.1) is 24.4 Å². The third-order valence-electron chi connectivity index (χ3n) is 14.5. The molecule has 3 unspecified atom stereocenters. The van der Waals surface area contributed by atoms with Crippen molar-refractivity contribution >= 4 is 29.2 Å². The molecule has 1 saturated carbocycles. The second kappa shape index (κ2) is 25.1. The smallest absolute Gasteiger partial charge is 0.329 e. The van der Waals surface area contributed by atoms with E-state index in [9.17, 15) is 39.3 Å². The Hall–Kier alpha value is -3.37. The summed E-state index contributed by atoms with van der Waals surface area (Å²) < 4.78 is 29.4. The molecule has 0 radical (unpaired) electrons. The molecular weight excluding hydrogens is 835 g/mol. The van der Waals surface area contributed by atoms with Gasteiger partial charge in [-0.2, -0.15) is 0 Å². The molecule has 2 bridgehead atoms. The van der Waals surface area contributed by atoms with Crippen LogP contribution < -0.4 is 0 Å². The standard InChI is InChI=1S/C51H79NO13/c1-30-16-12-11-13-17-31(2)42(61-8)28-38-21-19-36(7)51(60,65-38)48(57)49(58)52-23-15-14-18-39(52)50(59)64-43(33(4)26-37-20-22-40(53)44(27-37)62-9)29-41(54)32(3)25-35(6)46(56)47(63-10)45(55)34(5)24-30/h11-13,16-17,25,30,32-34,36-40,42-44,46-47,53,56,60H,14-15,18-24,26-29H2,1-10H3/b13-11+,16-12+,31-17+,35-25+/t30-,32-,33-,34-,36-,37?,38+,39+,40?,42+,43?,44-,46-,47+,51-/m1/s1. The minimum absolute atomic E-state index is 0.0193.